The van der Waals surface area contributed by atoms with Crippen molar-refractivity contribution in [2.24, 2.45) is 0 Å². The third-order valence-corrected chi connectivity index (χ3v) is 2.87. The molecule has 0 saturated carbocycles. The molecule has 9 heteroatoms. The maximum absolute atomic E-state index is 11.2. The van der Waals surface area contributed by atoms with Crippen LogP contribution in [0.3, 0.4) is 0 Å². The van der Waals surface area contributed by atoms with Gasteiger partial charge in [0.15, 0.2) is 0 Å². The van der Waals surface area contributed by atoms with Crippen LogP contribution in [0.4, 0.5) is 0 Å². The summed E-state index contributed by atoms with van der Waals surface area (Å²) >= 11 is 0. The van der Waals surface area contributed by atoms with E-state index in [0.717, 1.165) is 6.29 Å². The number of aldehydes is 1. The largest absolute Gasteiger partial charge is 0.395 e. The zero-order valence-electron chi connectivity index (χ0n) is 15.2. The molecule has 0 heterocycles. The van der Waals surface area contributed by atoms with Crippen molar-refractivity contribution in [2.75, 3.05) is 40.5 Å². The molecule has 1 amide bonds. The van der Waals surface area contributed by atoms with Gasteiger partial charge in [0.05, 0.1) is 44.6 Å². The third-order valence-electron chi connectivity index (χ3n) is 2.87. The number of aliphatic hydroxyl groups is 4. The van der Waals surface area contributed by atoms with Gasteiger partial charge in [-0.1, -0.05) is 13.8 Å². The molecule has 0 aliphatic rings. The number of hydrogen-bond acceptors (Lipinski definition) is 8. The van der Waals surface area contributed by atoms with Crippen LogP contribution in [-0.2, 0) is 9.59 Å². The van der Waals surface area contributed by atoms with Gasteiger partial charge in [0.25, 0.3) is 0 Å². The predicted octanol–water partition coefficient (Wildman–Crippen LogP) is -2.39. The number of amides is 1. The van der Waals surface area contributed by atoms with E-state index in [4.69, 9.17) is 20.4 Å². The number of carbonyl (C=O) groups excluding carboxylic acids is 2. The van der Waals surface area contributed by atoms with Gasteiger partial charge < -0.3 is 41.2 Å². The highest BCUT2D eigenvalue weighted by Gasteiger charge is 2.12. The lowest BCUT2D eigenvalue weighted by atomic mass is 10.1. The van der Waals surface area contributed by atoms with Crippen molar-refractivity contribution in [2.45, 2.75) is 44.8 Å². The van der Waals surface area contributed by atoms with Crippen molar-refractivity contribution in [3.8, 4) is 0 Å². The van der Waals surface area contributed by atoms with E-state index in [1.807, 2.05) is 13.8 Å². The van der Waals surface area contributed by atoms with Crippen LogP contribution in [0.5, 0.6) is 0 Å². The summed E-state index contributed by atoms with van der Waals surface area (Å²) in [6.45, 7) is 3.39. The number of rotatable bonds is 11. The molecule has 146 valence electrons. The number of carbonyl (C=O) groups is 2. The van der Waals surface area contributed by atoms with Crippen molar-refractivity contribution in [3.63, 3.8) is 0 Å². The molecule has 9 nitrogen and oxygen atoms in total. The van der Waals surface area contributed by atoms with E-state index in [1.165, 1.54) is 0 Å². The predicted molar refractivity (Wildman–Crippen MR) is 92.6 cm³/mol. The Morgan fingerprint density at radius 1 is 0.917 bits per heavy atom. The molecule has 0 aromatic carbocycles. The fourth-order valence-corrected chi connectivity index (χ4v) is 1.26. The highest BCUT2D eigenvalue weighted by Crippen LogP contribution is 1.95. The quantitative estimate of drug-likeness (QED) is 0.203. The van der Waals surface area contributed by atoms with Gasteiger partial charge in [0, 0.05) is 6.42 Å². The van der Waals surface area contributed by atoms with E-state index < -0.39 is 6.04 Å². The van der Waals surface area contributed by atoms with Crippen molar-refractivity contribution in [3.05, 3.63) is 0 Å². The molecule has 0 aliphatic heterocycles. The summed E-state index contributed by atoms with van der Waals surface area (Å²) in [5.74, 6) is -0.287. The lowest BCUT2D eigenvalue weighted by Crippen LogP contribution is -2.40. The van der Waals surface area contributed by atoms with Crippen LogP contribution < -0.4 is 16.0 Å². The maximum Gasteiger partial charge on any atom is 0.220 e. The van der Waals surface area contributed by atoms with E-state index in [9.17, 15) is 9.59 Å². The monoisotopic (exact) mass is 353 g/mol. The van der Waals surface area contributed by atoms with Crippen LogP contribution in [0.2, 0.25) is 0 Å². The molecule has 0 saturated heterocycles. The molecule has 0 aromatic heterocycles. The summed E-state index contributed by atoms with van der Waals surface area (Å²) in [5.41, 5.74) is 0. The average Bonchev–Trinajstić information content (AvgIpc) is 2.64. The van der Waals surface area contributed by atoms with Gasteiger partial charge in [0.1, 0.15) is 6.29 Å². The highest BCUT2D eigenvalue weighted by atomic mass is 16.3. The molecule has 0 rings (SSSR count). The number of aliphatic hydroxyl groups excluding tert-OH is 4. The molecule has 0 aromatic rings. The average molecular weight is 353 g/mol. The topological polar surface area (TPSA) is 151 Å². The lowest BCUT2D eigenvalue weighted by molar-refractivity contribution is -0.122. The van der Waals surface area contributed by atoms with E-state index in [-0.39, 0.29) is 50.8 Å². The van der Waals surface area contributed by atoms with Gasteiger partial charge in [-0.25, -0.2) is 0 Å². The summed E-state index contributed by atoms with van der Waals surface area (Å²) in [5, 5.41) is 41.9. The Morgan fingerprint density at radius 3 is 1.62 bits per heavy atom. The summed E-state index contributed by atoms with van der Waals surface area (Å²) in [7, 11) is 3.33. The molecule has 0 aliphatic carbocycles. The Labute approximate surface area is 144 Å². The van der Waals surface area contributed by atoms with Gasteiger partial charge in [-0.2, -0.15) is 0 Å². The van der Waals surface area contributed by atoms with Gasteiger partial charge >= 0.3 is 0 Å². The SMILES string of the molecule is CC.CNC(C=O)CCC(=O)NC(CO)CO.CNC(CO)CO. The van der Waals surface area contributed by atoms with Gasteiger partial charge in [-0.15, -0.1) is 0 Å². The zero-order chi connectivity index (χ0) is 19.4. The second-order valence-corrected chi connectivity index (χ2v) is 4.55. The minimum absolute atomic E-state index is 0.00694. The Bertz CT molecular complexity index is 268. The summed E-state index contributed by atoms with van der Waals surface area (Å²) in [4.78, 5) is 21.6. The Morgan fingerprint density at radius 2 is 1.38 bits per heavy atom. The zero-order valence-corrected chi connectivity index (χ0v) is 15.2. The second kappa shape index (κ2) is 21.9. The highest BCUT2D eigenvalue weighted by molar-refractivity contribution is 5.76. The Balaban J connectivity index is -0.000000410. The molecule has 0 fully saturated rings. The Kier molecular flexibility index (Phi) is 25.3. The fourth-order valence-electron chi connectivity index (χ4n) is 1.26. The summed E-state index contributed by atoms with van der Waals surface area (Å²) in [6.07, 6.45) is 1.32. The van der Waals surface area contributed by atoms with Crippen LogP contribution in [0.15, 0.2) is 0 Å². The normalized spacial score (nSPS) is 11.1. The summed E-state index contributed by atoms with van der Waals surface area (Å²) < 4.78 is 0. The molecule has 24 heavy (non-hydrogen) atoms. The maximum atomic E-state index is 11.2. The van der Waals surface area contributed by atoms with Gasteiger partial charge in [-0.3, -0.25) is 4.79 Å². The first-order valence-electron chi connectivity index (χ1n) is 8.05. The van der Waals surface area contributed by atoms with E-state index in [2.05, 4.69) is 16.0 Å². The molecule has 0 spiro atoms. The third kappa shape index (κ3) is 17.3. The molecule has 1 atom stereocenters. The van der Waals surface area contributed by atoms with Gasteiger partial charge in [0.2, 0.25) is 5.91 Å². The number of nitrogens with one attached hydrogen (secondary N) is 3. The smallest absolute Gasteiger partial charge is 0.220 e. The number of likely N-dealkylation sites (N-methyl/N-ethyl adjacent to an activating group) is 2. The lowest BCUT2D eigenvalue weighted by Gasteiger charge is -2.14. The van der Waals surface area contributed by atoms with Crippen LogP contribution in [-0.4, -0.2) is 91.3 Å². The Hall–Kier alpha value is -1.10. The molecule has 1 unspecified atom stereocenters. The van der Waals surface area contributed by atoms with E-state index in [0.29, 0.717) is 6.42 Å². The first-order valence-corrected chi connectivity index (χ1v) is 8.05. The van der Waals surface area contributed by atoms with Crippen LogP contribution in [0, 0.1) is 0 Å². The van der Waals surface area contributed by atoms with Crippen molar-refractivity contribution >= 4 is 12.2 Å². The van der Waals surface area contributed by atoms with Crippen LogP contribution in [0.1, 0.15) is 26.7 Å². The first-order chi connectivity index (χ1) is 11.5. The molecular weight excluding hydrogens is 318 g/mol. The minimum atomic E-state index is -0.623. The van der Waals surface area contributed by atoms with E-state index >= 15 is 0 Å². The second-order valence-electron chi connectivity index (χ2n) is 4.55. The molecule has 7 N–H and O–H groups in total. The van der Waals surface area contributed by atoms with Gasteiger partial charge in [-0.05, 0) is 20.5 Å². The molecule has 0 radical (unpaired) electrons. The number of hydrogen-bond donors (Lipinski definition) is 7. The van der Waals surface area contributed by atoms with Crippen LogP contribution in [0.25, 0.3) is 0 Å². The molecular formula is C15H35N3O6. The molecule has 0 bridgehead atoms. The van der Waals surface area contributed by atoms with E-state index in [1.54, 1.807) is 14.1 Å². The fraction of sp³-hybridized carbons (Fsp3) is 0.867. The first kappa shape index (κ1) is 27.7. The van der Waals surface area contributed by atoms with Crippen molar-refractivity contribution < 1.29 is 30.0 Å². The minimum Gasteiger partial charge on any atom is -0.395 e. The van der Waals surface area contributed by atoms with Crippen molar-refractivity contribution in [1.82, 2.24) is 16.0 Å². The van der Waals surface area contributed by atoms with Crippen LogP contribution >= 0.6 is 0 Å². The van der Waals surface area contributed by atoms with Crippen molar-refractivity contribution in [1.29, 1.82) is 0 Å². The standard InChI is InChI=1S/C9H18N2O4.C4H11NO2.C2H6/c1-10-7(4-12)2-3-9(15)11-8(5-13)6-14;1-5-4(2-6)3-7;1-2/h4,7-8,10,13-14H,2-3,5-6H2,1H3,(H,11,15);4-7H,2-3H2,1H3;1-2H3. The summed E-state index contributed by atoms with van der Waals surface area (Å²) in [6, 6.07) is -1.11.